The molecule has 1 aliphatic heterocycles. The largest absolute Gasteiger partial charge is 0.349 e. The zero-order valence-corrected chi connectivity index (χ0v) is 15.6. The summed E-state index contributed by atoms with van der Waals surface area (Å²) in [7, 11) is -1.08. The van der Waals surface area contributed by atoms with Gasteiger partial charge in [-0.15, -0.1) is 0 Å². The molecule has 1 N–H and O–H groups in total. The van der Waals surface area contributed by atoms with Crippen LogP contribution >= 0.6 is 0 Å². The summed E-state index contributed by atoms with van der Waals surface area (Å²) in [5.41, 5.74) is 0.946. The van der Waals surface area contributed by atoms with Crippen molar-refractivity contribution in [1.29, 1.82) is 0 Å². The van der Waals surface area contributed by atoms with Gasteiger partial charge in [-0.05, 0) is 63.0 Å². The fourth-order valence-electron chi connectivity index (χ4n) is 3.15. The van der Waals surface area contributed by atoms with Gasteiger partial charge in [-0.2, -0.15) is 0 Å². The van der Waals surface area contributed by atoms with E-state index in [9.17, 15) is 13.2 Å². The Morgan fingerprint density at radius 3 is 2.33 bits per heavy atom. The minimum atomic E-state index is -3.19. The number of hydrogen-bond acceptors (Lipinski definition) is 4. The van der Waals surface area contributed by atoms with Crippen LogP contribution in [-0.2, 0) is 14.6 Å². The Bertz CT molecular complexity index is 647. The highest BCUT2D eigenvalue weighted by Crippen LogP contribution is 2.22. The molecule has 1 aromatic rings. The molecule has 0 spiro atoms. The molecule has 1 aromatic carbocycles. The van der Waals surface area contributed by atoms with Gasteiger partial charge in [-0.1, -0.05) is 19.1 Å². The second-order valence-electron chi connectivity index (χ2n) is 6.82. The van der Waals surface area contributed by atoms with Crippen LogP contribution in [0.5, 0.6) is 0 Å². The third-order valence-electron chi connectivity index (χ3n) is 4.77. The SMILES string of the molecule is CC[C@H](NC(=O)CC1CCN(C)CC1)c1ccc(S(C)(=O)=O)cc1. The molecule has 1 atom stereocenters. The van der Waals surface area contributed by atoms with E-state index in [2.05, 4.69) is 17.3 Å². The number of nitrogens with zero attached hydrogens (tertiary/aromatic N) is 1. The smallest absolute Gasteiger partial charge is 0.220 e. The van der Waals surface area contributed by atoms with Crippen molar-refractivity contribution in [2.75, 3.05) is 26.4 Å². The fraction of sp³-hybridized carbons (Fsp3) is 0.611. The van der Waals surface area contributed by atoms with Gasteiger partial charge in [0.1, 0.15) is 0 Å². The first kappa shape index (κ1) is 18.9. The molecule has 0 radical (unpaired) electrons. The van der Waals surface area contributed by atoms with Crippen LogP contribution in [0.3, 0.4) is 0 Å². The summed E-state index contributed by atoms with van der Waals surface area (Å²) >= 11 is 0. The van der Waals surface area contributed by atoms with E-state index in [1.807, 2.05) is 6.92 Å². The molecule has 0 aromatic heterocycles. The molecule has 0 bridgehead atoms. The maximum atomic E-state index is 12.3. The van der Waals surface area contributed by atoms with E-state index in [1.165, 1.54) is 6.26 Å². The van der Waals surface area contributed by atoms with Gasteiger partial charge in [0, 0.05) is 12.7 Å². The topological polar surface area (TPSA) is 66.5 Å². The van der Waals surface area contributed by atoms with E-state index in [1.54, 1.807) is 24.3 Å². The minimum absolute atomic E-state index is 0.0719. The van der Waals surface area contributed by atoms with Crippen LogP contribution in [0.25, 0.3) is 0 Å². The summed E-state index contributed by atoms with van der Waals surface area (Å²) in [6, 6.07) is 6.73. The maximum absolute atomic E-state index is 12.3. The third-order valence-corrected chi connectivity index (χ3v) is 5.89. The number of piperidine rings is 1. The van der Waals surface area contributed by atoms with Crippen LogP contribution in [-0.4, -0.2) is 45.6 Å². The maximum Gasteiger partial charge on any atom is 0.220 e. The van der Waals surface area contributed by atoms with Crippen LogP contribution in [0.4, 0.5) is 0 Å². The molecule has 1 aliphatic rings. The van der Waals surface area contributed by atoms with E-state index < -0.39 is 9.84 Å². The third kappa shape index (κ3) is 5.31. The average Bonchev–Trinajstić information content (AvgIpc) is 2.54. The molecular formula is C18H28N2O3S. The summed E-state index contributed by atoms with van der Waals surface area (Å²) in [6.07, 6.45) is 4.69. The number of benzene rings is 1. The van der Waals surface area contributed by atoms with Crippen molar-refractivity contribution >= 4 is 15.7 Å². The molecule has 1 saturated heterocycles. The Balaban J connectivity index is 1.94. The van der Waals surface area contributed by atoms with Crippen molar-refractivity contribution in [2.24, 2.45) is 5.92 Å². The zero-order valence-electron chi connectivity index (χ0n) is 14.8. The number of amides is 1. The van der Waals surface area contributed by atoms with E-state index in [4.69, 9.17) is 0 Å². The lowest BCUT2D eigenvalue weighted by molar-refractivity contribution is -0.123. The second-order valence-corrected chi connectivity index (χ2v) is 8.84. The summed E-state index contributed by atoms with van der Waals surface area (Å²) in [6.45, 7) is 4.13. The number of carbonyl (C=O) groups is 1. The average molecular weight is 353 g/mol. The Kier molecular flexibility index (Phi) is 6.40. The number of sulfone groups is 1. The Morgan fingerprint density at radius 2 is 1.83 bits per heavy atom. The van der Waals surface area contributed by atoms with Crippen molar-refractivity contribution in [2.45, 2.75) is 43.5 Å². The van der Waals surface area contributed by atoms with Gasteiger partial charge in [0.15, 0.2) is 9.84 Å². The lowest BCUT2D eigenvalue weighted by atomic mass is 9.93. The molecular weight excluding hydrogens is 324 g/mol. The Hall–Kier alpha value is -1.40. The molecule has 134 valence electrons. The number of carbonyl (C=O) groups excluding carboxylic acids is 1. The molecule has 1 fully saturated rings. The van der Waals surface area contributed by atoms with Crippen LogP contribution in [0, 0.1) is 5.92 Å². The van der Waals surface area contributed by atoms with Crippen LogP contribution in [0.1, 0.15) is 44.2 Å². The van der Waals surface area contributed by atoms with Crippen molar-refractivity contribution < 1.29 is 13.2 Å². The highest BCUT2D eigenvalue weighted by molar-refractivity contribution is 7.90. The molecule has 6 heteroatoms. The Labute approximate surface area is 145 Å². The normalized spacial score (nSPS) is 18.3. The minimum Gasteiger partial charge on any atom is -0.349 e. The number of nitrogens with one attached hydrogen (secondary N) is 1. The zero-order chi connectivity index (χ0) is 17.7. The van der Waals surface area contributed by atoms with Gasteiger partial charge in [-0.25, -0.2) is 8.42 Å². The first-order valence-electron chi connectivity index (χ1n) is 8.57. The van der Waals surface area contributed by atoms with Gasteiger partial charge < -0.3 is 10.2 Å². The first-order chi connectivity index (χ1) is 11.3. The fourth-order valence-corrected chi connectivity index (χ4v) is 3.78. The van der Waals surface area contributed by atoms with E-state index in [-0.39, 0.29) is 11.9 Å². The van der Waals surface area contributed by atoms with E-state index in [0.717, 1.165) is 37.9 Å². The standard InChI is InChI=1S/C18H28N2O3S/c1-4-17(15-5-7-16(8-6-15)24(3,22)23)19-18(21)13-14-9-11-20(2)12-10-14/h5-8,14,17H,4,9-13H2,1-3H3,(H,19,21)/t17-/m0/s1. The molecule has 1 heterocycles. The predicted octanol–water partition coefficient (Wildman–Crippen LogP) is 2.39. The quantitative estimate of drug-likeness (QED) is 0.854. The summed E-state index contributed by atoms with van der Waals surface area (Å²) in [5, 5.41) is 3.10. The molecule has 1 amide bonds. The molecule has 0 aliphatic carbocycles. The van der Waals surface area contributed by atoms with Crippen molar-refractivity contribution in [3.05, 3.63) is 29.8 Å². The summed E-state index contributed by atoms with van der Waals surface area (Å²) < 4.78 is 23.1. The van der Waals surface area contributed by atoms with Gasteiger partial charge >= 0.3 is 0 Å². The van der Waals surface area contributed by atoms with Crippen LogP contribution in [0.15, 0.2) is 29.2 Å². The molecule has 0 saturated carbocycles. The first-order valence-corrected chi connectivity index (χ1v) is 10.5. The van der Waals surface area contributed by atoms with Crippen molar-refractivity contribution in [3.8, 4) is 0 Å². The highest BCUT2D eigenvalue weighted by Gasteiger charge is 2.21. The van der Waals surface area contributed by atoms with Gasteiger partial charge in [0.2, 0.25) is 5.91 Å². The highest BCUT2D eigenvalue weighted by atomic mass is 32.2. The van der Waals surface area contributed by atoms with Crippen LogP contribution in [0.2, 0.25) is 0 Å². The molecule has 2 rings (SSSR count). The molecule has 5 nitrogen and oxygen atoms in total. The number of rotatable bonds is 6. The van der Waals surface area contributed by atoms with E-state index in [0.29, 0.717) is 17.2 Å². The van der Waals surface area contributed by atoms with Crippen molar-refractivity contribution in [3.63, 3.8) is 0 Å². The van der Waals surface area contributed by atoms with Gasteiger partial charge in [-0.3, -0.25) is 4.79 Å². The van der Waals surface area contributed by atoms with E-state index >= 15 is 0 Å². The monoisotopic (exact) mass is 352 g/mol. The Morgan fingerprint density at radius 1 is 1.25 bits per heavy atom. The lowest BCUT2D eigenvalue weighted by Gasteiger charge is -2.29. The molecule has 0 unspecified atom stereocenters. The number of likely N-dealkylation sites (tertiary alicyclic amines) is 1. The number of hydrogen-bond donors (Lipinski definition) is 1. The summed E-state index contributed by atoms with van der Waals surface area (Å²) in [4.78, 5) is 14.9. The van der Waals surface area contributed by atoms with Crippen molar-refractivity contribution in [1.82, 2.24) is 10.2 Å². The van der Waals surface area contributed by atoms with Gasteiger partial charge in [0.05, 0.1) is 10.9 Å². The second kappa shape index (κ2) is 8.12. The van der Waals surface area contributed by atoms with Crippen LogP contribution < -0.4 is 5.32 Å². The summed E-state index contributed by atoms with van der Waals surface area (Å²) in [5.74, 6) is 0.551. The molecule has 24 heavy (non-hydrogen) atoms. The predicted molar refractivity (Wildman–Crippen MR) is 95.6 cm³/mol. The lowest BCUT2D eigenvalue weighted by Crippen LogP contribution is -2.34. The van der Waals surface area contributed by atoms with Gasteiger partial charge in [0.25, 0.3) is 0 Å².